The molecule has 2 aromatic heterocycles. The number of ether oxygens (including phenoxy) is 1. The molecule has 1 aliphatic carbocycles. The van der Waals surface area contributed by atoms with Crippen molar-refractivity contribution in [1.82, 2.24) is 19.9 Å². The van der Waals surface area contributed by atoms with E-state index in [1.165, 1.54) is 6.33 Å². The number of rotatable bonds is 6. The Kier molecular flexibility index (Phi) is 5.65. The van der Waals surface area contributed by atoms with Crippen LogP contribution in [0.1, 0.15) is 41.6 Å². The third kappa shape index (κ3) is 3.93. The lowest BCUT2D eigenvalue weighted by molar-refractivity contribution is -0.0574. The summed E-state index contributed by atoms with van der Waals surface area (Å²) >= 11 is 6.27. The van der Waals surface area contributed by atoms with Crippen molar-refractivity contribution >= 4 is 34.2 Å². The largest absolute Gasteiger partial charge is 0.379 e. The number of anilines is 1. The number of fused-ring (bicyclic) bond motifs is 1. The standard InChI is InChI=1S/C23H26ClN5O2/c1-31-16-11-29(12-16)15-8-6-14(7-9-15)28-23-20-18(10-25-22(20)26-13-27-23)21(30)17-4-2-3-5-19(17)24/h2-5,10,13-16H,6-9,11-12H2,1H3,(H2,25,26,27,28). The summed E-state index contributed by atoms with van der Waals surface area (Å²) in [6, 6.07) is 8.06. The van der Waals surface area contributed by atoms with E-state index in [0.29, 0.717) is 45.8 Å². The summed E-state index contributed by atoms with van der Waals surface area (Å²) in [5.74, 6) is 0.567. The SMILES string of the molecule is COC1CN(C2CCC(Nc3ncnc4[nH]cc(C(=O)c5ccccc5Cl)c34)CC2)C1. The van der Waals surface area contributed by atoms with Gasteiger partial charge in [-0.15, -0.1) is 0 Å². The minimum atomic E-state index is -0.135. The van der Waals surface area contributed by atoms with Crippen LogP contribution in [-0.2, 0) is 4.74 Å². The second kappa shape index (κ2) is 8.57. The number of ketones is 1. The molecule has 2 fully saturated rings. The summed E-state index contributed by atoms with van der Waals surface area (Å²) in [7, 11) is 1.79. The molecule has 31 heavy (non-hydrogen) atoms. The predicted octanol–water partition coefficient (Wildman–Crippen LogP) is 3.90. The highest BCUT2D eigenvalue weighted by Gasteiger charge is 2.34. The summed E-state index contributed by atoms with van der Waals surface area (Å²) in [5, 5.41) is 4.75. The molecule has 3 heterocycles. The van der Waals surface area contributed by atoms with Gasteiger partial charge in [-0.05, 0) is 37.8 Å². The second-order valence-corrected chi connectivity index (χ2v) is 8.83. The highest BCUT2D eigenvalue weighted by atomic mass is 35.5. The monoisotopic (exact) mass is 439 g/mol. The number of halogens is 1. The van der Waals surface area contributed by atoms with E-state index in [4.69, 9.17) is 16.3 Å². The lowest BCUT2D eigenvalue weighted by Crippen LogP contribution is -2.57. The summed E-state index contributed by atoms with van der Waals surface area (Å²) in [6.07, 6.45) is 8.07. The minimum Gasteiger partial charge on any atom is -0.379 e. The molecule has 3 aromatic rings. The van der Waals surface area contributed by atoms with Gasteiger partial charge in [-0.25, -0.2) is 9.97 Å². The van der Waals surface area contributed by atoms with E-state index < -0.39 is 0 Å². The molecule has 2 aliphatic rings. The van der Waals surface area contributed by atoms with Gasteiger partial charge in [-0.2, -0.15) is 0 Å². The van der Waals surface area contributed by atoms with Crippen molar-refractivity contribution in [2.24, 2.45) is 0 Å². The number of aromatic nitrogens is 3. The minimum absolute atomic E-state index is 0.135. The first-order chi connectivity index (χ1) is 15.1. The van der Waals surface area contributed by atoms with Gasteiger partial charge in [0.1, 0.15) is 17.8 Å². The van der Waals surface area contributed by atoms with Gasteiger partial charge in [0.05, 0.1) is 22.1 Å². The van der Waals surface area contributed by atoms with E-state index in [2.05, 4.69) is 25.2 Å². The molecule has 0 amide bonds. The van der Waals surface area contributed by atoms with Crippen molar-refractivity contribution in [2.45, 2.75) is 43.9 Å². The number of methoxy groups -OCH3 is 1. The van der Waals surface area contributed by atoms with Crippen molar-refractivity contribution in [3.63, 3.8) is 0 Å². The Bertz CT molecular complexity index is 1090. The van der Waals surface area contributed by atoms with Crippen molar-refractivity contribution in [3.8, 4) is 0 Å². The Morgan fingerprint density at radius 2 is 1.94 bits per heavy atom. The molecule has 1 aliphatic heterocycles. The molecule has 0 unspecified atom stereocenters. The predicted molar refractivity (Wildman–Crippen MR) is 121 cm³/mol. The summed E-state index contributed by atoms with van der Waals surface area (Å²) in [5.41, 5.74) is 1.66. The number of hydrogen-bond donors (Lipinski definition) is 2. The third-order valence-corrected chi connectivity index (χ3v) is 6.93. The molecule has 7 nitrogen and oxygen atoms in total. The number of H-pyrrole nitrogens is 1. The van der Waals surface area contributed by atoms with Crippen LogP contribution in [0.25, 0.3) is 11.0 Å². The number of carbonyl (C=O) groups is 1. The van der Waals surface area contributed by atoms with E-state index >= 15 is 0 Å². The number of aromatic amines is 1. The highest BCUT2D eigenvalue weighted by molar-refractivity contribution is 6.35. The van der Waals surface area contributed by atoms with Gasteiger partial charge < -0.3 is 15.0 Å². The number of hydrogen-bond acceptors (Lipinski definition) is 6. The zero-order chi connectivity index (χ0) is 21.4. The molecular formula is C23H26ClN5O2. The molecule has 2 N–H and O–H groups in total. The van der Waals surface area contributed by atoms with Gasteiger partial charge in [-0.1, -0.05) is 23.7 Å². The van der Waals surface area contributed by atoms with Gasteiger partial charge >= 0.3 is 0 Å². The fourth-order valence-corrected chi connectivity index (χ4v) is 4.96. The maximum atomic E-state index is 13.2. The molecule has 162 valence electrons. The number of nitrogens with zero attached hydrogens (tertiary/aromatic N) is 3. The van der Waals surface area contributed by atoms with E-state index in [9.17, 15) is 4.79 Å². The van der Waals surface area contributed by atoms with E-state index in [-0.39, 0.29) is 5.78 Å². The van der Waals surface area contributed by atoms with Crippen LogP contribution in [0.4, 0.5) is 5.82 Å². The topological polar surface area (TPSA) is 83.1 Å². The van der Waals surface area contributed by atoms with Crippen molar-refractivity contribution < 1.29 is 9.53 Å². The molecule has 0 bridgehead atoms. The Morgan fingerprint density at radius 1 is 1.16 bits per heavy atom. The van der Waals surface area contributed by atoms with E-state index in [1.807, 2.05) is 12.1 Å². The van der Waals surface area contributed by atoms with Crippen LogP contribution in [0.15, 0.2) is 36.8 Å². The molecular weight excluding hydrogens is 414 g/mol. The average Bonchev–Trinajstić information content (AvgIpc) is 3.19. The molecule has 1 aromatic carbocycles. The number of benzene rings is 1. The fourth-order valence-electron chi connectivity index (χ4n) is 4.74. The Morgan fingerprint density at radius 3 is 2.68 bits per heavy atom. The highest BCUT2D eigenvalue weighted by Crippen LogP contribution is 2.32. The van der Waals surface area contributed by atoms with Crippen LogP contribution in [0.2, 0.25) is 5.02 Å². The van der Waals surface area contributed by atoms with Crippen molar-refractivity contribution in [1.29, 1.82) is 0 Å². The Hall–Kier alpha value is -2.48. The maximum absolute atomic E-state index is 13.2. The zero-order valence-electron chi connectivity index (χ0n) is 17.5. The molecule has 1 saturated carbocycles. The molecule has 1 saturated heterocycles. The smallest absolute Gasteiger partial charge is 0.196 e. The Labute approximate surface area is 186 Å². The number of carbonyl (C=O) groups excluding carboxylic acids is 1. The second-order valence-electron chi connectivity index (χ2n) is 8.42. The molecule has 8 heteroatoms. The quantitative estimate of drug-likeness (QED) is 0.567. The van der Waals surface area contributed by atoms with Crippen LogP contribution in [0, 0.1) is 0 Å². The lowest BCUT2D eigenvalue weighted by Gasteiger charge is -2.46. The van der Waals surface area contributed by atoms with Gasteiger partial charge in [-0.3, -0.25) is 9.69 Å². The van der Waals surface area contributed by atoms with Crippen LogP contribution in [0.5, 0.6) is 0 Å². The van der Waals surface area contributed by atoms with Crippen LogP contribution in [0.3, 0.4) is 0 Å². The van der Waals surface area contributed by atoms with E-state index in [0.717, 1.165) is 44.2 Å². The zero-order valence-corrected chi connectivity index (χ0v) is 18.2. The summed E-state index contributed by atoms with van der Waals surface area (Å²) < 4.78 is 5.40. The molecule has 5 rings (SSSR count). The molecule has 0 radical (unpaired) electrons. The van der Waals surface area contributed by atoms with Crippen LogP contribution >= 0.6 is 11.6 Å². The first-order valence-electron chi connectivity index (χ1n) is 10.8. The summed E-state index contributed by atoms with van der Waals surface area (Å²) in [6.45, 7) is 2.09. The first kappa shape index (κ1) is 20.4. The molecule has 0 spiro atoms. The third-order valence-electron chi connectivity index (χ3n) is 6.60. The van der Waals surface area contributed by atoms with Gasteiger partial charge in [0.2, 0.25) is 0 Å². The fraction of sp³-hybridized carbons (Fsp3) is 0.435. The van der Waals surface area contributed by atoms with Crippen LogP contribution < -0.4 is 5.32 Å². The van der Waals surface area contributed by atoms with Gasteiger partial charge in [0.25, 0.3) is 0 Å². The Balaban J connectivity index is 1.33. The van der Waals surface area contributed by atoms with Crippen LogP contribution in [-0.4, -0.2) is 64.0 Å². The van der Waals surface area contributed by atoms with Gasteiger partial charge in [0.15, 0.2) is 5.78 Å². The summed E-state index contributed by atoms with van der Waals surface area (Å²) in [4.78, 5) is 27.6. The van der Waals surface area contributed by atoms with Crippen molar-refractivity contribution in [3.05, 3.63) is 52.9 Å². The van der Waals surface area contributed by atoms with Gasteiger partial charge in [0, 0.05) is 44.0 Å². The average molecular weight is 440 g/mol. The number of likely N-dealkylation sites (tertiary alicyclic amines) is 1. The molecule has 0 atom stereocenters. The first-order valence-corrected chi connectivity index (χ1v) is 11.2. The van der Waals surface area contributed by atoms with E-state index in [1.54, 1.807) is 25.4 Å². The maximum Gasteiger partial charge on any atom is 0.196 e. The normalized spacial score (nSPS) is 22.4. The number of nitrogens with one attached hydrogen (secondary N) is 2. The van der Waals surface area contributed by atoms with Crippen molar-refractivity contribution in [2.75, 3.05) is 25.5 Å². The lowest BCUT2D eigenvalue weighted by atomic mass is 9.88.